The molecule has 8 nitrogen and oxygen atoms in total. The predicted octanol–water partition coefficient (Wildman–Crippen LogP) is 2.37. The molecule has 0 spiro atoms. The van der Waals surface area contributed by atoms with Gasteiger partial charge in [-0.2, -0.15) is 10.2 Å². The minimum Gasteiger partial charge on any atom is -0.507 e. The summed E-state index contributed by atoms with van der Waals surface area (Å²) in [6.07, 6.45) is 3.20. The molecule has 4 aromatic rings. The molecule has 0 saturated carbocycles. The van der Waals surface area contributed by atoms with E-state index in [-0.39, 0.29) is 31.0 Å². The molecular formula is C18H18N6O2Zn. The van der Waals surface area contributed by atoms with Crippen LogP contribution in [0.4, 0.5) is 0 Å². The zero-order valence-corrected chi connectivity index (χ0v) is 18.0. The summed E-state index contributed by atoms with van der Waals surface area (Å²) in [5.74, 6) is 1.49. The van der Waals surface area contributed by atoms with Gasteiger partial charge in [-0.25, -0.2) is 9.97 Å². The smallest absolute Gasteiger partial charge is 0.184 e. The fourth-order valence-corrected chi connectivity index (χ4v) is 2.25. The van der Waals surface area contributed by atoms with E-state index in [2.05, 4.69) is 20.2 Å². The van der Waals surface area contributed by atoms with Gasteiger partial charge in [-0.05, 0) is 24.3 Å². The summed E-state index contributed by atoms with van der Waals surface area (Å²) >= 11 is 0. The second kappa shape index (κ2) is 9.05. The van der Waals surface area contributed by atoms with Crippen LogP contribution in [0.5, 0.6) is 11.5 Å². The molecule has 0 aliphatic rings. The van der Waals surface area contributed by atoms with Gasteiger partial charge in [0.1, 0.15) is 24.2 Å². The van der Waals surface area contributed by atoms with Crippen molar-refractivity contribution in [2.75, 3.05) is 0 Å². The van der Waals surface area contributed by atoms with Crippen LogP contribution in [0, 0.1) is 0 Å². The number of phenolic OH excluding ortho intramolecular Hbond substituents is 2. The minimum atomic E-state index is 0. The first-order valence-electron chi connectivity index (χ1n) is 7.82. The van der Waals surface area contributed by atoms with Crippen LogP contribution in [0.1, 0.15) is 0 Å². The predicted molar refractivity (Wildman–Crippen MR) is 96.2 cm³/mol. The Hall–Kier alpha value is -3.06. The molecular weight excluding hydrogens is 398 g/mol. The van der Waals surface area contributed by atoms with Crippen molar-refractivity contribution < 1.29 is 29.7 Å². The van der Waals surface area contributed by atoms with Gasteiger partial charge in [0.25, 0.3) is 0 Å². The monoisotopic (exact) mass is 414 g/mol. The van der Waals surface area contributed by atoms with Crippen molar-refractivity contribution in [3.63, 3.8) is 0 Å². The summed E-state index contributed by atoms with van der Waals surface area (Å²) in [7, 11) is 3.58. The molecule has 0 fully saturated rings. The number of benzene rings is 2. The first kappa shape index (κ1) is 20.3. The Morgan fingerprint density at radius 1 is 0.667 bits per heavy atom. The zero-order valence-electron chi connectivity index (χ0n) is 15.1. The molecule has 2 heterocycles. The van der Waals surface area contributed by atoms with E-state index in [1.54, 1.807) is 72.5 Å². The fraction of sp³-hybridized carbons (Fsp3) is 0.111. The standard InChI is InChI=1S/2C9H9N3O.Zn/c2*1-12-6-10-9(11-12)7-4-2-3-5-8(7)13;/h2*2-6,13H,1H3;. The second-order valence-electron chi connectivity index (χ2n) is 5.52. The van der Waals surface area contributed by atoms with Crippen molar-refractivity contribution in [1.29, 1.82) is 0 Å². The van der Waals surface area contributed by atoms with Crippen LogP contribution in [0.25, 0.3) is 22.8 Å². The number of hydrogen-bond donors (Lipinski definition) is 2. The second-order valence-corrected chi connectivity index (χ2v) is 5.52. The van der Waals surface area contributed by atoms with Gasteiger partial charge in [0.15, 0.2) is 11.6 Å². The molecule has 27 heavy (non-hydrogen) atoms. The Balaban J connectivity index is 0.000000187. The van der Waals surface area contributed by atoms with Gasteiger partial charge in [-0.3, -0.25) is 9.36 Å². The number of para-hydroxylation sites is 2. The molecule has 0 radical (unpaired) electrons. The number of hydrogen-bond acceptors (Lipinski definition) is 6. The zero-order chi connectivity index (χ0) is 18.5. The van der Waals surface area contributed by atoms with E-state index in [9.17, 15) is 10.2 Å². The number of nitrogens with zero attached hydrogens (tertiary/aromatic N) is 6. The van der Waals surface area contributed by atoms with Crippen molar-refractivity contribution >= 4 is 0 Å². The molecule has 0 atom stereocenters. The summed E-state index contributed by atoms with van der Waals surface area (Å²) in [5.41, 5.74) is 1.31. The van der Waals surface area contributed by atoms with Gasteiger partial charge in [0.2, 0.25) is 0 Å². The van der Waals surface area contributed by atoms with Gasteiger partial charge in [0, 0.05) is 33.6 Å². The molecule has 0 aliphatic carbocycles. The SMILES string of the molecule is Cn1cnc(-c2ccccc2O)n1.Cn1cnc(-c2ccccc2O)n1.[Zn]. The maximum absolute atomic E-state index is 9.48. The first-order valence-corrected chi connectivity index (χ1v) is 7.82. The van der Waals surface area contributed by atoms with E-state index in [4.69, 9.17) is 0 Å². The summed E-state index contributed by atoms with van der Waals surface area (Å²) in [6.45, 7) is 0. The van der Waals surface area contributed by atoms with Crippen LogP contribution in [-0.2, 0) is 33.6 Å². The summed E-state index contributed by atoms with van der Waals surface area (Å²) in [5, 5.41) is 27.1. The van der Waals surface area contributed by atoms with Crippen molar-refractivity contribution in [3.8, 4) is 34.3 Å². The molecule has 9 heteroatoms. The summed E-state index contributed by atoms with van der Waals surface area (Å²) in [4.78, 5) is 8.08. The average molecular weight is 416 g/mol. The minimum absolute atomic E-state index is 0. The first-order chi connectivity index (χ1) is 12.5. The molecule has 0 aliphatic heterocycles. The normalized spacial score (nSPS) is 9.85. The maximum Gasteiger partial charge on any atom is 0.184 e. The number of rotatable bonds is 2. The molecule has 2 N–H and O–H groups in total. The van der Waals surface area contributed by atoms with E-state index in [1.807, 2.05) is 12.1 Å². The third kappa shape index (κ3) is 4.98. The van der Waals surface area contributed by atoms with E-state index in [0.29, 0.717) is 22.8 Å². The Labute approximate surface area is 168 Å². The van der Waals surface area contributed by atoms with Crippen LogP contribution in [0.2, 0.25) is 0 Å². The van der Waals surface area contributed by atoms with Crippen LogP contribution in [0.3, 0.4) is 0 Å². The number of aryl methyl sites for hydroxylation is 2. The van der Waals surface area contributed by atoms with Crippen LogP contribution < -0.4 is 0 Å². The number of aromatic nitrogens is 6. The molecule has 2 aromatic heterocycles. The summed E-state index contributed by atoms with van der Waals surface area (Å²) < 4.78 is 3.20. The molecule has 0 unspecified atom stereocenters. The third-order valence-electron chi connectivity index (χ3n) is 3.49. The number of phenols is 2. The quantitative estimate of drug-likeness (QED) is 0.487. The van der Waals surface area contributed by atoms with Gasteiger partial charge in [-0.15, -0.1) is 0 Å². The maximum atomic E-state index is 9.48. The molecule has 134 valence electrons. The van der Waals surface area contributed by atoms with Gasteiger partial charge in [-0.1, -0.05) is 24.3 Å². The average Bonchev–Trinajstić information content (AvgIpc) is 3.25. The third-order valence-corrected chi connectivity index (χ3v) is 3.49. The van der Waals surface area contributed by atoms with Gasteiger partial charge >= 0.3 is 0 Å². The molecule has 4 rings (SSSR count). The van der Waals surface area contributed by atoms with E-state index in [1.165, 1.54) is 0 Å². The van der Waals surface area contributed by atoms with Crippen LogP contribution in [-0.4, -0.2) is 39.7 Å². The van der Waals surface area contributed by atoms with E-state index < -0.39 is 0 Å². The van der Waals surface area contributed by atoms with Crippen molar-refractivity contribution in [1.82, 2.24) is 29.5 Å². The Morgan fingerprint density at radius 3 is 1.33 bits per heavy atom. The van der Waals surface area contributed by atoms with Crippen molar-refractivity contribution in [3.05, 3.63) is 61.2 Å². The molecule has 0 amide bonds. The Bertz CT molecular complexity index is 933. The largest absolute Gasteiger partial charge is 0.507 e. The van der Waals surface area contributed by atoms with E-state index in [0.717, 1.165) is 0 Å². The van der Waals surface area contributed by atoms with E-state index >= 15 is 0 Å². The molecule has 0 bridgehead atoms. The molecule has 0 saturated heterocycles. The van der Waals surface area contributed by atoms with Crippen LogP contribution >= 0.6 is 0 Å². The topological polar surface area (TPSA) is 102 Å². The number of aromatic hydroxyl groups is 2. The van der Waals surface area contributed by atoms with Crippen LogP contribution in [0.15, 0.2) is 61.2 Å². The van der Waals surface area contributed by atoms with Crippen molar-refractivity contribution in [2.45, 2.75) is 0 Å². The summed E-state index contributed by atoms with van der Waals surface area (Å²) in [6, 6.07) is 14.0. The Morgan fingerprint density at radius 2 is 1.04 bits per heavy atom. The van der Waals surface area contributed by atoms with Gasteiger partial charge < -0.3 is 10.2 Å². The molecule has 2 aromatic carbocycles. The fourth-order valence-electron chi connectivity index (χ4n) is 2.25. The van der Waals surface area contributed by atoms with Gasteiger partial charge in [0.05, 0.1) is 11.1 Å². The van der Waals surface area contributed by atoms with Crippen molar-refractivity contribution in [2.24, 2.45) is 14.1 Å². The Kier molecular flexibility index (Phi) is 6.79.